The van der Waals surface area contributed by atoms with Crippen molar-refractivity contribution in [3.05, 3.63) is 0 Å². The fraction of sp³-hybridized carbons (Fsp3) is 1.00. The van der Waals surface area contributed by atoms with Crippen LogP contribution in [0.5, 0.6) is 0 Å². The summed E-state index contributed by atoms with van der Waals surface area (Å²) in [5, 5.41) is 8.52. The minimum Gasteiger partial charge on any atom is -0.391 e. The summed E-state index contributed by atoms with van der Waals surface area (Å²) in [5.74, 6) is 0. The molecule has 0 amide bonds. The van der Waals surface area contributed by atoms with Crippen LogP contribution in [0.25, 0.3) is 0 Å². The predicted octanol–water partition coefficient (Wildman–Crippen LogP) is 3.25. The van der Waals surface area contributed by atoms with E-state index in [1.54, 1.807) is 41.5 Å². The largest absolute Gasteiger partial charge is 0.472 e. The number of rotatable bonds is 21. The summed E-state index contributed by atoms with van der Waals surface area (Å²) in [7, 11) is -7.52. The van der Waals surface area contributed by atoms with Crippen LogP contribution < -0.4 is 0 Å². The third-order valence-corrected chi connectivity index (χ3v) is 4.87. The second-order valence-corrected chi connectivity index (χ2v) is 12.6. The fourth-order valence-corrected chi connectivity index (χ4v) is 3.29. The van der Waals surface area contributed by atoms with Gasteiger partial charge in [0.15, 0.2) is 0 Å². The van der Waals surface area contributed by atoms with Crippen LogP contribution in [0, 0.1) is 0 Å². The van der Waals surface area contributed by atoms with Gasteiger partial charge in [-0.3, -0.25) is 13.6 Å². The van der Waals surface area contributed by atoms with Crippen molar-refractivity contribution in [2.24, 2.45) is 0 Å². The van der Waals surface area contributed by atoms with E-state index < -0.39 is 26.6 Å². The lowest BCUT2D eigenvalue weighted by Gasteiger charge is -2.22. The Hall–Kier alpha value is 0.0200. The van der Waals surface area contributed by atoms with Crippen LogP contribution in [-0.2, 0) is 46.4 Å². The first-order chi connectivity index (χ1) is 16.4. The van der Waals surface area contributed by atoms with E-state index >= 15 is 0 Å². The zero-order valence-corrected chi connectivity index (χ0v) is 24.6. The number of phosphoric ester groups is 1. The van der Waals surface area contributed by atoms with Crippen LogP contribution in [0.2, 0.25) is 0 Å². The van der Waals surface area contributed by atoms with Crippen LogP contribution in [0.15, 0.2) is 0 Å². The van der Waals surface area contributed by atoms with E-state index in [1.807, 2.05) is 0 Å². The average Bonchev–Trinajstić information content (AvgIpc) is 2.65. The highest BCUT2D eigenvalue weighted by molar-refractivity contribution is 7.51. The van der Waals surface area contributed by atoms with E-state index in [0.29, 0.717) is 52.9 Å². The Morgan fingerprint density at radius 3 is 1.05 bits per heavy atom. The van der Waals surface area contributed by atoms with E-state index in [-0.39, 0.29) is 33.9 Å². The van der Waals surface area contributed by atoms with Gasteiger partial charge in [0.05, 0.1) is 90.5 Å². The molecule has 37 heavy (non-hydrogen) atoms. The molecule has 0 saturated carbocycles. The average molecular weight is 587 g/mol. The van der Waals surface area contributed by atoms with Crippen molar-refractivity contribution in [1.29, 1.82) is 0 Å². The molecule has 0 heterocycles. The number of hydrogen-bond acceptors (Lipinski definition) is 11. The van der Waals surface area contributed by atoms with Gasteiger partial charge >= 0.3 is 15.4 Å². The van der Waals surface area contributed by atoms with Gasteiger partial charge in [-0.15, -0.1) is 0 Å². The number of hydrogen-bond donors (Lipinski definition) is 3. The molecular formula is C22H52O13P2. The quantitative estimate of drug-likeness (QED) is 0.132. The minimum absolute atomic E-state index is 0. The highest BCUT2D eigenvalue weighted by Gasteiger charge is 2.28. The molecule has 15 heteroatoms. The molecule has 0 aliphatic heterocycles. The summed E-state index contributed by atoms with van der Waals surface area (Å²) in [6, 6.07) is 0. The Kier molecular flexibility index (Phi) is 25.6. The summed E-state index contributed by atoms with van der Waals surface area (Å²) < 4.78 is 63.2. The first-order valence-electron chi connectivity index (χ1n) is 11.7. The third-order valence-electron chi connectivity index (χ3n) is 2.92. The Balaban J connectivity index is -0.00000174. The molecular weight excluding hydrogens is 534 g/mol. The summed E-state index contributed by atoms with van der Waals surface area (Å²) in [5.41, 5.74) is -1.28. The lowest BCUT2D eigenvalue weighted by Crippen LogP contribution is -2.19. The first kappa shape index (κ1) is 41.5. The van der Waals surface area contributed by atoms with Crippen molar-refractivity contribution in [2.45, 2.75) is 60.2 Å². The van der Waals surface area contributed by atoms with E-state index in [1.165, 1.54) is 0 Å². The van der Waals surface area contributed by atoms with E-state index in [2.05, 4.69) is 4.52 Å². The van der Waals surface area contributed by atoms with Gasteiger partial charge in [0.1, 0.15) is 0 Å². The molecule has 0 bridgehead atoms. The van der Waals surface area contributed by atoms with Crippen LogP contribution in [-0.4, -0.2) is 112 Å². The number of ether oxygens (including phenoxy) is 5. The molecule has 3 N–H and O–H groups in total. The molecule has 0 aromatic carbocycles. The monoisotopic (exact) mass is 586 g/mol. The van der Waals surface area contributed by atoms with Crippen LogP contribution in [0.3, 0.4) is 0 Å². The second-order valence-electron chi connectivity index (χ2n) is 9.37. The van der Waals surface area contributed by atoms with Gasteiger partial charge in [-0.2, -0.15) is 0 Å². The zero-order valence-electron chi connectivity index (χ0n) is 22.8. The molecule has 0 aliphatic rings. The van der Waals surface area contributed by atoms with Crippen molar-refractivity contribution in [2.75, 3.05) is 85.9 Å². The fourth-order valence-electron chi connectivity index (χ4n) is 1.83. The molecule has 0 saturated heterocycles. The maximum Gasteiger partial charge on any atom is 0.472 e. The van der Waals surface area contributed by atoms with Crippen molar-refractivity contribution >= 4 is 15.4 Å². The Bertz CT molecular complexity index is 594. The summed E-state index contributed by atoms with van der Waals surface area (Å²) in [6.07, 6.45) is 0. The smallest absolute Gasteiger partial charge is 0.391 e. The maximum atomic E-state index is 11.6. The normalized spacial score (nSPS) is 15.2. The summed E-state index contributed by atoms with van der Waals surface area (Å²) in [4.78, 5) is 18.4. The van der Waals surface area contributed by atoms with E-state index in [9.17, 15) is 14.0 Å². The highest BCUT2D eigenvalue weighted by atomic mass is 31.2. The van der Waals surface area contributed by atoms with Gasteiger partial charge in [-0.05, 0) is 41.5 Å². The van der Waals surface area contributed by atoms with Crippen LogP contribution in [0.4, 0.5) is 0 Å². The van der Waals surface area contributed by atoms with E-state index in [4.69, 9.17) is 42.7 Å². The number of aliphatic hydroxyl groups is 1. The van der Waals surface area contributed by atoms with Gasteiger partial charge in [0.2, 0.25) is 0 Å². The van der Waals surface area contributed by atoms with Crippen LogP contribution >= 0.6 is 15.4 Å². The van der Waals surface area contributed by atoms with Crippen molar-refractivity contribution in [1.82, 2.24) is 0 Å². The molecule has 13 nitrogen and oxygen atoms in total. The minimum atomic E-state index is -4.08. The molecule has 0 rings (SSSR count). The summed E-state index contributed by atoms with van der Waals surface area (Å²) >= 11 is 0. The molecule has 2 unspecified atom stereocenters. The van der Waals surface area contributed by atoms with Gasteiger partial charge in [0, 0.05) is 6.66 Å². The molecule has 228 valence electrons. The van der Waals surface area contributed by atoms with Crippen molar-refractivity contribution < 1.29 is 61.3 Å². The lowest BCUT2D eigenvalue weighted by atomic mass is 10.2. The molecule has 0 aromatic heterocycles. The highest BCUT2D eigenvalue weighted by Crippen LogP contribution is 2.46. The second kappa shape index (κ2) is 22.8. The van der Waals surface area contributed by atoms with Gasteiger partial charge in [-0.1, -0.05) is 7.43 Å². The van der Waals surface area contributed by atoms with Gasteiger partial charge in [0.25, 0.3) is 0 Å². The first-order valence-corrected chi connectivity index (χ1v) is 15.2. The zero-order chi connectivity index (χ0) is 28.1. The van der Waals surface area contributed by atoms with Crippen molar-refractivity contribution in [3.63, 3.8) is 0 Å². The number of phosphoric acid groups is 1. The third kappa shape index (κ3) is 46.3. The van der Waals surface area contributed by atoms with E-state index in [0.717, 1.165) is 6.66 Å². The Labute approximate surface area is 223 Å². The molecule has 0 aliphatic carbocycles. The molecule has 0 aromatic rings. The van der Waals surface area contributed by atoms with Crippen molar-refractivity contribution in [3.8, 4) is 0 Å². The summed E-state index contributed by atoms with van der Waals surface area (Å²) in [6.45, 7) is 14.8. The molecule has 0 radical (unpaired) electrons. The topological polar surface area (TPSA) is 169 Å². The molecule has 0 fully saturated rings. The van der Waals surface area contributed by atoms with Crippen LogP contribution in [0.1, 0.15) is 49.0 Å². The van der Waals surface area contributed by atoms with Gasteiger partial charge in [-0.25, -0.2) is 4.57 Å². The lowest BCUT2D eigenvalue weighted by molar-refractivity contribution is -0.0158. The predicted molar refractivity (Wildman–Crippen MR) is 141 cm³/mol. The standard InChI is InChI=1S/C17H38O12P2.C4H10O.CH4/c1-17(2,3)29-31(20,21)28-16-14-26-12-10-24-8-6-22-5-7-23-9-11-25-13-15-27-30(4,18)19;1-4(2,3)5;/h5-16H2,1-4H3,(H,18,19)(H,20,21);5H,1-3H3;1H4. The Morgan fingerprint density at radius 1 is 0.568 bits per heavy atom. The SMILES string of the molecule is C.CC(C)(C)O.CC(C)(C)OP(=O)(O)OCCOCCOCCOCCOCCOCCOP(C)(=O)O. The van der Waals surface area contributed by atoms with Gasteiger partial charge < -0.3 is 43.1 Å². The molecule has 0 spiro atoms. The maximum absolute atomic E-state index is 11.6. The molecule has 2 atom stereocenters. The Morgan fingerprint density at radius 2 is 0.811 bits per heavy atom.